The molecule has 35 heavy (non-hydrogen) atoms. The van der Waals surface area contributed by atoms with Gasteiger partial charge >= 0.3 is 0 Å². The molecule has 6 rings (SSSR count). The van der Waals surface area contributed by atoms with Crippen LogP contribution in [0.4, 0.5) is 5.69 Å². The Morgan fingerprint density at radius 1 is 1.14 bits per heavy atom. The number of sulfonamides is 1. The van der Waals surface area contributed by atoms with Crippen molar-refractivity contribution in [2.45, 2.75) is 98.4 Å². The van der Waals surface area contributed by atoms with Crippen molar-refractivity contribution in [3.8, 4) is 5.75 Å². The van der Waals surface area contributed by atoms with E-state index in [1.54, 1.807) is 4.31 Å². The van der Waals surface area contributed by atoms with E-state index in [9.17, 15) is 13.5 Å². The van der Waals surface area contributed by atoms with Gasteiger partial charge in [-0.25, -0.2) is 8.42 Å². The maximum atomic E-state index is 14.3. The number of thioether (sulfide) groups is 1. The van der Waals surface area contributed by atoms with Crippen LogP contribution in [0.1, 0.15) is 51.4 Å². The minimum absolute atomic E-state index is 0.0492. The van der Waals surface area contributed by atoms with Crippen molar-refractivity contribution in [3.05, 3.63) is 12.1 Å². The molecular formula is C26H42N2O4S2Si. The van der Waals surface area contributed by atoms with Crippen molar-refractivity contribution < 1.29 is 18.3 Å². The summed E-state index contributed by atoms with van der Waals surface area (Å²) in [4.78, 5) is 3.44. The highest BCUT2D eigenvalue weighted by Crippen LogP contribution is 2.62. The average Bonchev–Trinajstić information content (AvgIpc) is 2.82. The van der Waals surface area contributed by atoms with Gasteiger partial charge < -0.3 is 14.7 Å². The Morgan fingerprint density at radius 2 is 1.83 bits per heavy atom. The molecule has 0 unspecified atom stereocenters. The fourth-order valence-electron chi connectivity index (χ4n) is 6.61. The normalized spacial score (nSPS) is 30.8. The molecule has 0 saturated heterocycles. The third-order valence-electron chi connectivity index (χ3n) is 8.86. The van der Waals surface area contributed by atoms with Gasteiger partial charge in [0.05, 0.1) is 10.6 Å². The number of phenolic OH excluding ortho intramolecular Hbond substituents is 1. The van der Waals surface area contributed by atoms with Gasteiger partial charge in [-0.15, -0.1) is 11.8 Å². The van der Waals surface area contributed by atoms with Crippen LogP contribution in [0.2, 0.25) is 25.7 Å². The second kappa shape index (κ2) is 9.53. The first-order chi connectivity index (χ1) is 16.5. The monoisotopic (exact) mass is 538 g/mol. The van der Waals surface area contributed by atoms with Crippen LogP contribution >= 0.6 is 11.8 Å². The first-order valence-corrected chi connectivity index (χ1v) is 19.7. The highest BCUT2D eigenvalue weighted by molar-refractivity contribution is 7.98. The van der Waals surface area contributed by atoms with E-state index >= 15 is 0 Å². The van der Waals surface area contributed by atoms with Gasteiger partial charge in [-0.3, -0.25) is 0 Å². The fraction of sp³-hybridized carbons (Fsp3) is 0.769. The molecule has 6 nitrogen and oxygen atoms in total. The smallest absolute Gasteiger partial charge is 0.247 e. The summed E-state index contributed by atoms with van der Waals surface area (Å²) in [6.07, 6.45) is 11.1. The van der Waals surface area contributed by atoms with E-state index in [4.69, 9.17) is 4.74 Å². The molecule has 1 heterocycles. The van der Waals surface area contributed by atoms with Crippen molar-refractivity contribution in [1.29, 1.82) is 0 Å². The molecule has 1 atom stereocenters. The lowest BCUT2D eigenvalue weighted by atomic mass is 9.49. The van der Waals surface area contributed by atoms with Crippen LogP contribution < -0.4 is 4.90 Å². The molecule has 0 radical (unpaired) electrons. The fourth-order valence-corrected chi connectivity index (χ4v) is 9.62. The van der Waals surface area contributed by atoms with Gasteiger partial charge in [-0.2, -0.15) is 4.31 Å². The summed E-state index contributed by atoms with van der Waals surface area (Å²) in [5.41, 5.74) is 0.874. The third-order valence-corrected chi connectivity index (χ3v) is 13.2. The lowest BCUT2D eigenvalue weighted by Crippen LogP contribution is -2.70. The van der Waals surface area contributed by atoms with E-state index < -0.39 is 18.1 Å². The molecule has 4 saturated carbocycles. The number of rotatable bonds is 8. The summed E-state index contributed by atoms with van der Waals surface area (Å²) in [7, 11) is -5.11. The van der Waals surface area contributed by atoms with Crippen LogP contribution in [0.25, 0.3) is 0 Å². The molecule has 0 amide bonds. The van der Waals surface area contributed by atoms with E-state index in [2.05, 4.69) is 24.5 Å². The van der Waals surface area contributed by atoms with Crippen molar-refractivity contribution in [2.24, 2.45) is 11.8 Å². The van der Waals surface area contributed by atoms with Crippen LogP contribution in [0.5, 0.6) is 5.75 Å². The predicted octanol–water partition coefficient (Wildman–Crippen LogP) is 5.74. The standard InChI is InChI=1S/C26H42N2O4S2Si/c1-33-24-12-21-25(13-23(24)29)34(30,31)28(18-32-10-11-35(2,3)4)22(20-8-6-5-7-9-20)17-27(21)26-14-19(15-26)16-26/h12-13,19-20,22,29H,5-11,14-18H2,1-4H3/t19?,22-,26?/m0/s1. The van der Waals surface area contributed by atoms with Gasteiger partial charge in [-0.05, 0) is 62.3 Å². The minimum Gasteiger partial charge on any atom is -0.507 e. The Hall–Kier alpha value is -0.743. The summed E-state index contributed by atoms with van der Waals surface area (Å²) < 4.78 is 36.4. The van der Waals surface area contributed by atoms with Crippen LogP contribution in [-0.4, -0.2) is 63.6 Å². The van der Waals surface area contributed by atoms with Crippen LogP contribution in [-0.2, 0) is 14.8 Å². The first kappa shape index (κ1) is 25.9. The van der Waals surface area contributed by atoms with E-state index in [-0.39, 0.29) is 29.0 Å². The minimum atomic E-state index is -3.83. The van der Waals surface area contributed by atoms with Crippen LogP contribution in [0, 0.1) is 11.8 Å². The predicted molar refractivity (Wildman–Crippen MR) is 146 cm³/mol. The molecule has 1 aromatic rings. The second-order valence-electron chi connectivity index (χ2n) is 12.5. The Kier molecular flexibility index (Phi) is 7.05. The van der Waals surface area contributed by atoms with Gasteiger partial charge in [0, 0.05) is 38.9 Å². The zero-order valence-corrected chi connectivity index (χ0v) is 24.4. The number of anilines is 1. The average molecular weight is 539 g/mol. The highest BCUT2D eigenvalue weighted by Gasteiger charge is 2.62. The number of hydrogen-bond donors (Lipinski definition) is 1. The maximum absolute atomic E-state index is 14.3. The SMILES string of the molecule is CSc1cc2c(cc1O)S(=O)(=O)N(COCC[Si](C)(C)C)[C@H](C1CCCCC1)CN2C12CC(C1)C2. The topological polar surface area (TPSA) is 70.1 Å². The van der Waals surface area contributed by atoms with Crippen molar-refractivity contribution in [1.82, 2.24) is 4.31 Å². The van der Waals surface area contributed by atoms with Gasteiger partial charge in [0.2, 0.25) is 10.0 Å². The van der Waals surface area contributed by atoms with Crippen molar-refractivity contribution in [3.63, 3.8) is 0 Å². The van der Waals surface area contributed by atoms with Crippen LogP contribution in [0.3, 0.4) is 0 Å². The number of ether oxygens (including phenoxy) is 1. The zero-order chi connectivity index (χ0) is 25.0. The largest absolute Gasteiger partial charge is 0.507 e. The first-order valence-electron chi connectivity index (χ1n) is 13.3. The Morgan fingerprint density at radius 3 is 2.40 bits per heavy atom. The van der Waals surface area contributed by atoms with Gasteiger partial charge in [0.15, 0.2) is 0 Å². The van der Waals surface area contributed by atoms with E-state index in [0.717, 1.165) is 61.2 Å². The molecule has 1 aromatic carbocycles. The quantitative estimate of drug-likeness (QED) is 0.259. The number of aromatic hydroxyl groups is 1. The lowest BCUT2D eigenvalue weighted by Gasteiger charge is -2.67. The van der Waals surface area contributed by atoms with Crippen LogP contribution in [0.15, 0.2) is 21.9 Å². The van der Waals surface area contributed by atoms with E-state index in [1.165, 1.54) is 37.1 Å². The molecule has 5 aliphatic rings. The number of benzene rings is 1. The zero-order valence-electron chi connectivity index (χ0n) is 21.8. The third kappa shape index (κ3) is 4.80. The summed E-state index contributed by atoms with van der Waals surface area (Å²) >= 11 is 1.47. The Bertz CT molecular complexity index is 1040. The molecule has 0 spiro atoms. The highest BCUT2D eigenvalue weighted by atomic mass is 32.2. The van der Waals surface area contributed by atoms with Gasteiger partial charge in [-0.1, -0.05) is 38.9 Å². The molecule has 1 aliphatic heterocycles. The molecule has 4 aliphatic carbocycles. The summed E-state index contributed by atoms with van der Waals surface area (Å²) in [5, 5.41) is 10.7. The van der Waals surface area contributed by atoms with E-state index in [0.29, 0.717) is 12.5 Å². The molecule has 1 N–H and O–H groups in total. The number of hydrogen-bond acceptors (Lipinski definition) is 6. The number of nitrogens with zero attached hydrogens (tertiary/aromatic N) is 2. The lowest BCUT2D eigenvalue weighted by molar-refractivity contribution is -0.0313. The second-order valence-corrected chi connectivity index (χ2v) is 20.8. The van der Waals surface area contributed by atoms with Crippen molar-refractivity contribution in [2.75, 3.05) is 31.0 Å². The summed E-state index contributed by atoms with van der Waals surface area (Å²) in [6, 6.07) is 4.35. The molecular weight excluding hydrogens is 497 g/mol. The molecule has 0 aromatic heterocycles. The maximum Gasteiger partial charge on any atom is 0.247 e. The van der Waals surface area contributed by atoms with Gasteiger partial charge in [0.25, 0.3) is 0 Å². The number of fused-ring (bicyclic) bond motifs is 1. The van der Waals surface area contributed by atoms with E-state index in [1.807, 2.05) is 12.3 Å². The summed E-state index contributed by atoms with van der Waals surface area (Å²) in [6.45, 7) is 8.36. The molecule has 2 bridgehead atoms. The molecule has 4 fully saturated rings. The summed E-state index contributed by atoms with van der Waals surface area (Å²) in [5.74, 6) is 1.19. The Balaban J connectivity index is 1.55. The van der Waals surface area contributed by atoms with Crippen molar-refractivity contribution >= 4 is 35.5 Å². The molecule has 9 heteroatoms. The molecule has 196 valence electrons. The Labute approximate surface area is 216 Å². The van der Waals surface area contributed by atoms with Gasteiger partial charge in [0.1, 0.15) is 17.4 Å². The number of phenols is 1.